The van der Waals surface area contributed by atoms with Crippen molar-refractivity contribution in [1.82, 2.24) is 25.2 Å². The number of pyridine rings is 1. The highest BCUT2D eigenvalue weighted by Gasteiger charge is 2.08. The number of benzene rings is 1. The monoisotopic (exact) mass is 350 g/mol. The first-order valence-corrected chi connectivity index (χ1v) is 8.49. The Hall–Kier alpha value is -3.06. The number of hydrogen-bond acceptors (Lipinski definition) is 6. The molecular formula is C19H22N6O. The number of hydrogen-bond donors (Lipinski definition) is 2. The Morgan fingerprint density at radius 1 is 1.08 bits per heavy atom. The first-order chi connectivity index (χ1) is 12.6. The number of nitrogens with one attached hydrogen (secondary N) is 2. The van der Waals surface area contributed by atoms with Crippen molar-refractivity contribution in [3.8, 4) is 0 Å². The second-order valence-corrected chi connectivity index (χ2v) is 6.21. The zero-order valence-electron chi connectivity index (χ0n) is 14.9. The fraction of sp³-hybridized carbons (Fsp3) is 0.263. The van der Waals surface area contributed by atoms with Gasteiger partial charge in [-0.3, -0.25) is 9.78 Å². The molecule has 1 aromatic carbocycles. The molecule has 0 radical (unpaired) electrons. The number of aromatic nitrogens is 3. The van der Waals surface area contributed by atoms with Gasteiger partial charge in [0, 0.05) is 18.1 Å². The van der Waals surface area contributed by atoms with Gasteiger partial charge in [-0.2, -0.15) is 0 Å². The fourth-order valence-electron chi connectivity index (χ4n) is 2.54. The number of para-hydroxylation sites is 1. The van der Waals surface area contributed by atoms with Gasteiger partial charge in [0.25, 0.3) is 5.91 Å². The molecule has 7 nitrogen and oxygen atoms in total. The quantitative estimate of drug-likeness (QED) is 0.637. The van der Waals surface area contributed by atoms with Gasteiger partial charge in [-0.1, -0.05) is 18.2 Å². The largest absolute Gasteiger partial charge is 0.351 e. The van der Waals surface area contributed by atoms with E-state index >= 15 is 0 Å². The van der Waals surface area contributed by atoms with E-state index < -0.39 is 0 Å². The summed E-state index contributed by atoms with van der Waals surface area (Å²) in [6.45, 7) is 1.54. The molecule has 0 saturated carbocycles. The highest BCUT2D eigenvalue weighted by atomic mass is 16.1. The summed E-state index contributed by atoms with van der Waals surface area (Å²) in [5.74, 6) is 0.349. The predicted octanol–water partition coefficient (Wildman–Crippen LogP) is 2.45. The molecule has 0 aliphatic heterocycles. The second kappa shape index (κ2) is 8.35. The van der Waals surface area contributed by atoms with E-state index in [4.69, 9.17) is 0 Å². The Morgan fingerprint density at radius 2 is 1.92 bits per heavy atom. The Balaban J connectivity index is 1.63. The highest BCUT2D eigenvalue weighted by Crippen LogP contribution is 2.23. The van der Waals surface area contributed by atoms with Crippen molar-refractivity contribution in [2.75, 3.05) is 32.5 Å². The molecule has 2 heterocycles. The van der Waals surface area contributed by atoms with Crippen molar-refractivity contribution in [1.29, 1.82) is 0 Å². The van der Waals surface area contributed by atoms with Gasteiger partial charge in [0.2, 0.25) is 0 Å². The van der Waals surface area contributed by atoms with Crippen LogP contribution in [0, 0.1) is 0 Å². The summed E-state index contributed by atoms with van der Waals surface area (Å²) in [5, 5.41) is 7.09. The minimum absolute atomic E-state index is 0.213. The maximum atomic E-state index is 12.1. The van der Waals surface area contributed by atoms with Gasteiger partial charge in [-0.25, -0.2) is 9.97 Å². The molecule has 0 aliphatic rings. The third-order valence-electron chi connectivity index (χ3n) is 3.85. The van der Waals surface area contributed by atoms with Crippen LogP contribution in [0.4, 0.5) is 11.5 Å². The molecule has 0 unspecified atom stereocenters. The summed E-state index contributed by atoms with van der Waals surface area (Å²) < 4.78 is 0. The lowest BCUT2D eigenvalue weighted by Crippen LogP contribution is -2.27. The molecule has 2 N–H and O–H groups in total. The first kappa shape index (κ1) is 17.8. The Bertz CT molecular complexity index is 873. The average Bonchev–Trinajstić information content (AvgIpc) is 2.66. The molecule has 1 amide bonds. The SMILES string of the molecule is CN(C)CCCNC(=O)c1cnc(Nc2cccc3cccnc23)cn1. The third kappa shape index (κ3) is 4.52. The number of carbonyl (C=O) groups is 1. The van der Waals surface area contributed by atoms with E-state index in [1.165, 1.54) is 6.20 Å². The van der Waals surface area contributed by atoms with E-state index in [-0.39, 0.29) is 5.91 Å². The molecule has 2 aromatic heterocycles. The number of amides is 1. The average molecular weight is 350 g/mol. The lowest BCUT2D eigenvalue weighted by atomic mass is 10.2. The van der Waals surface area contributed by atoms with Crippen LogP contribution in [0.2, 0.25) is 0 Å². The summed E-state index contributed by atoms with van der Waals surface area (Å²) >= 11 is 0. The molecule has 3 aromatic rings. The number of nitrogens with zero attached hydrogens (tertiary/aromatic N) is 4. The van der Waals surface area contributed by atoms with Crippen molar-refractivity contribution in [3.05, 3.63) is 54.6 Å². The molecule has 134 valence electrons. The number of fused-ring (bicyclic) bond motifs is 1. The molecule has 0 spiro atoms. The van der Waals surface area contributed by atoms with Crippen LogP contribution in [-0.2, 0) is 0 Å². The van der Waals surface area contributed by atoms with Crippen LogP contribution in [0.1, 0.15) is 16.9 Å². The van der Waals surface area contributed by atoms with Crippen molar-refractivity contribution in [2.24, 2.45) is 0 Å². The van der Waals surface area contributed by atoms with Crippen LogP contribution >= 0.6 is 0 Å². The van der Waals surface area contributed by atoms with E-state index in [1.54, 1.807) is 12.4 Å². The molecule has 26 heavy (non-hydrogen) atoms. The summed E-state index contributed by atoms with van der Waals surface area (Å²) in [5.41, 5.74) is 2.01. The van der Waals surface area contributed by atoms with Crippen LogP contribution in [0.5, 0.6) is 0 Å². The van der Waals surface area contributed by atoms with E-state index in [0.29, 0.717) is 18.1 Å². The third-order valence-corrected chi connectivity index (χ3v) is 3.85. The summed E-state index contributed by atoms with van der Waals surface area (Å²) in [4.78, 5) is 27.0. The van der Waals surface area contributed by atoms with Gasteiger partial charge < -0.3 is 15.5 Å². The number of rotatable bonds is 7. The predicted molar refractivity (Wildman–Crippen MR) is 103 cm³/mol. The van der Waals surface area contributed by atoms with Crippen molar-refractivity contribution < 1.29 is 4.79 Å². The van der Waals surface area contributed by atoms with E-state index in [0.717, 1.165) is 29.6 Å². The Labute approximate surface area is 152 Å². The first-order valence-electron chi connectivity index (χ1n) is 8.49. The minimum atomic E-state index is -0.213. The smallest absolute Gasteiger partial charge is 0.271 e. The maximum absolute atomic E-state index is 12.1. The minimum Gasteiger partial charge on any atom is -0.351 e. The summed E-state index contributed by atoms with van der Waals surface area (Å²) in [7, 11) is 4.01. The molecule has 0 aliphatic carbocycles. The molecule has 0 fully saturated rings. The molecule has 0 atom stereocenters. The van der Waals surface area contributed by atoms with Gasteiger partial charge >= 0.3 is 0 Å². The van der Waals surface area contributed by atoms with Gasteiger partial charge in [-0.05, 0) is 39.2 Å². The van der Waals surface area contributed by atoms with Crippen LogP contribution in [0.25, 0.3) is 10.9 Å². The lowest BCUT2D eigenvalue weighted by molar-refractivity contribution is 0.0947. The van der Waals surface area contributed by atoms with Crippen LogP contribution in [0.15, 0.2) is 48.9 Å². The van der Waals surface area contributed by atoms with Crippen LogP contribution in [0.3, 0.4) is 0 Å². The van der Waals surface area contributed by atoms with Gasteiger partial charge in [0.1, 0.15) is 11.5 Å². The van der Waals surface area contributed by atoms with Gasteiger partial charge in [0.05, 0.1) is 23.6 Å². The van der Waals surface area contributed by atoms with E-state index in [9.17, 15) is 4.79 Å². The molecular weight excluding hydrogens is 328 g/mol. The zero-order chi connectivity index (χ0) is 18.4. The fourth-order valence-corrected chi connectivity index (χ4v) is 2.54. The second-order valence-electron chi connectivity index (χ2n) is 6.21. The number of anilines is 2. The van der Waals surface area contributed by atoms with Crippen molar-refractivity contribution >= 4 is 28.3 Å². The number of carbonyl (C=O) groups excluding carboxylic acids is 1. The van der Waals surface area contributed by atoms with Crippen LogP contribution < -0.4 is 10.6 Å². The Kier molecular flexibility index (Phi) is 5.70. The molecule has 7 heteroatoms. The topological polar surface area (TPSA) is 83.0 Å². The van der Waals surface area contributed by atoms with Crippen LogP contribution in [-0.4, -0.2) is 52.9 Å². The van der Waals surface area contributed by atoms with E-state index in [1.807, 2.05) is 44.4 Å². The Morgan fingerprint density at radius 3 is 2.69 bits per heavy atom. The van der Waals surface area contributed by atoms with Gasteiger partial charge in [0.15, 0.2) is 0 Å². The summed E-state index contributed by atoms with van der Waals surface area (Å²) in [6, 6.07) is 9.79. The normalized spacial score (nSPS) is 10.9. The molecule has 0 saturated heterocycles. The molecule has 3 rings (SSSR count). The van der Waals surface area contributed by atoms with Gasteiger partial charge in [-0.15, -0.1) is 0 Å². The van der Waals surface area contributed by atoms with Crippen molar-refractivity contribution in [2.45, 2.75) is 6.42 Å². The lowest BCUT2D eigenvalue weighted by Gasteiger charge is -2.10. The van der Waals surface area contributed by atoms with E-state index in [2.05, 4.69) is 30.5 Å². The standard InChI is InChI=1S/C19H22N6O/c1-25(2)11-5-10-21-19(26)16-12-23-17(13-22-16)24-15-8-3-6-14-7-4-9-20-18(14)15/h3-4,6-9,12-13H,5,10-11H2,1-2H3,(H,21,26)(H,23,24). The summed E-state index contributed by atoms with van der Waals surface area (Å²) in [6.07, 6.45) is 5.67. The maximum Gasteiger partial charge on any atom is 0.271 e. The molecule has 0 bridgehead atoms. The highest BCUT2D eigenvalue weighted by molar-refractivity contribution is 5.93. The van der Waals surface area contributed by atoms with Crippen molar-refractivity contribution in [3.63, 3.8) is 0 Å². The zero-order valence-corrected chi connectivity index (χ0v) is 14.9.